The minimum Gasteiger partial charge on any atom is -0.0776 e. The molecule has 0 spiro atoms. The predicted molar refractivity (Wildman–Crippen MR) is 123 cm³/mol. The summed E-state index contributed by atoms with van der Waals surface area (Å²) in [5, 5.41) is 2.62. The van der Waals surface area contributed by atoms with Gasteiger partial charge in [-0.2, -0.15) is 0 Å². The Morgan fingerprint density at radius 3 is 0.640 bits per heavy atom. The van der Waals surface area contributed by atoms with Crippen LogP contribution in [0.25, 0.3) is 10.8 Å². The summed E-state index contributed by atoms with van der Waals surface area (Å²) in [6.45, 7) is 16.0. The summed E-state index contributed by atoms with van der Waals surface area (Å²) in [6, 6.07) is 28.7. The molecule has 0 aliphatic heterocycles. The van der Waals surface area contributed by atoms with E-state index in [0.29, 0.717) is 0 Å². The molecule has 0 saturated carbocycles. The van der Waals surface area contributed by atoms with Crippen LogP contribution in [0, 0.1) is 0 Å². The zero-order valence-corrected chi connectivity index (χ0v) is 17.1. The highest BCUT2D eigenvalue weighted by atomic mass is 13.9. The first-order valence-corrected chi connectivity index (χ1v) is 9.40. The topological polar surface area (TPSA) is 0 Å². The molecule has 0 bridgehead atoms. The summed E-state index contributed by atoms with van der Waals surface area (Å²) in [5.74, 6) is 0. The molecule has 0 fully saturated rings. The average molecular weight is 343 g/mol. The smallest absolute Gasteiger partial charge is 0.0184 e. The maximum absolute atomic E-state index is 2.12. The van der Waals surface area contributed by atoms with Crippen molar-refractivity contribution in [1.29, 1.82) is 0 Å². The second-order valence-corrected chi connectivity index (χ2v) is 3.50. The lowest BCUT2D eigenvalue weighted by Gasteiger charge is -1.92. The largest absolute Gasteiger partial charge is 0.0776 e. The summed E-state index contributed by atoms with van der Waals surface area (Å²) in [6.07, 6.45) is 0. The van der Waals surface area contributed by atoms with Crippen LogP contribution in [0.3, 0.4) is 0 Å². The molecule has 3 rings (SSSR count). The van der Waals surface area contributed by atoms with Gasteiger partial charge in [0.25, 0.3) is 0 Å². The van der Waals surface area contributed by atoms with Gasteiger partial charge < -0.3 is 0 Å². The predicted octanol–water partition coefficient (Wildman–Crippen LogP) is 9.27. The molecule has 0 radical (unpaired) electrons. The standard InChI is InChI=1S/C10H8.C6H6.4C2H6.CH4/c1-2-6-10-8-4-3-7-9(10)5-1;1-2-4-6-5-3-1;4*1-2;/h1-8H;1-6H;4*1-2H3;1H4. The fourth-order valence-electron chi connectivity index (χ4n) is 1.52. The minimum absolute atomic E-state index is 0. The Labute approximate surface area is 158 Å². The minimum atomic E-state index is 0. The van der Waals surface area contributed by atoms with Crippen LogP contribution in [0.4, 0.5) is 0 Å². The van der Waals surface area contributed by atoms with Gasteiger partial charge in [0.1, 0.15) is 0 Å². The lowest BCUT2D eigenvalue weighted by molar-refractivity contribution is 1.50. The maximum atomic E-state index is 2.12. The van der Waals surface area contributed by atoms with Crippen molar-refractivity contribution in [2.24, 2.45) is 0 Å². The Balaban J connectivity index is -0.000000128. The second-order valence-electron chi connectivity index (χ2n) is 3.50. The number of benzene rings is 3. The van der Waals surface area contributed by atoms with E-state index in [1.54, 1.807) is 0 Å². The van der Waals surface area contributed by atoms with Gasteiger partial charge in [0.15, 0.2) is 0 Å². The van der Waals surface area contributed by atoms with Crippen molar-refractivity contribution in [3.05, 3.63) is 84.9 Å². The third kappa shape index (κ3) is 18.1. The second kappa shape index (κ2) is 29.9. The summed E-state index contributed by atoms with van der Waals surface area (Å²) < 4.78 is 0. The summed E-state index contributed by atoms with van der Waals surface area (Å²) in [4.78, 5) is 0. The van der Waals surface area contributed by atoms with E-state index in [9.17, 15) is 0 Å². The van der Waals surface area contributed by atoms with Crippen LogP contribution in [0.15, 0.2) is 84.9 Å². The Bertz CT molecular complexity index is 434. The summed E-state index contributed by atoms with van der Waals surface area (Å²) in [5.41, 5.74) is 0. The van der Waals surface area contributed by atoms with Gasteiger partial charge in [0, 0.05) is 0 Å². The molecule has 0 aliphatic rings. The Morgan fingerprint density at radius 1 is 0.320 bits per heavy atom. The Kier molecular flexibility index (Phi) is 36.8. The van der Waals surface area contributed by atoms with Crippen LogP contribution in [-0.2, 0) is 0 Å². The Morgan fingerprint density at radius 2 is 0.480 bits per heavy atom. The van der Waals surface area contributed by atoms with Crippen LogP contribution in [0.1, 0.15) is 62.8 Å². The molecule has 0 amide bonds. The lowest BCUT2D eigenvalue weighted by atomic mass is 10.1. The van der Waals surface area contributed by atoms with E-state index in [4.69, 9.17) is 0 Å². The molecule has 25 heavy (non-hydrogen) atoms. The quantitative estimate of drug-likeness (QED) is 0.382. The van der Waals surface area contributed by atoms with E-state index in [-0.39, 0.29) is 7.43 Å². The van der Waals surface area contributed by atoms with E-state index in [1.165, 1.54) is 10.8 Å². The van der Waals surface area contributed by atoms with E-state index in [0.717, 1.165) is 0 Å². The zero-order chi connectivity index (χ0) is 19.1. The number of hydrogen-bond acceptors (Lipinski definition) is 0. The van der Waals surface area contributed by atoms with Crippen LogP contribution in [0.2, 0.25) is 0 Å². The van der Waals surface area contributed by atoms with Crippen molar-refractivity contribution >= 4 is 10.8 Å². The SMILES string of the molecule is C.CC.CC.CC.CC.c1ccc2ccccc2c1.c1ccccc1. The molecule has 3 aromatic rings. The van der Waals surface area contributed by atoms with E-state index < -0.39 is 0 Å². The van der Waals surface area contributed by atoms with Gasteiger partial charge >= 0.3 is 0 Å². The van der Waals surface area contributed by atoms with Crippen molar-refractivity contribution in [3.8, 4) is 0 Å². The molecule has 0 heteroatoms. The normalized spacial score (nSPS) is 6.88. The number of rotatable bonds is 0. The van der Waals surface area contributed by atoms with Crippen LogP contribution in [-0.4, -0.2) is 0 Å². The van der Waals surface area contributed by atoms with Crippen molar-refractivity contribution < 1.29 is 0 Å². The lowest BCUT2D eigenvalue weighted by Crippen LogP contribution is -1.67. The molecule has 0 N–H and O–H groups in total. The van der Waals surface area contributed by atoms with Crippen LogP contribution < -0.4 is 0 Å². The first-order valence-electron chi connectivity index (χ1n) is 9.40. The van der Waals surface area contributed by atoms with Gasteiger partial charge in [-0.25, -0.2) is 0 Å². The van der Waals surface area contributed by atoms with Gasteiger partial charge in [-0.05, 0) is 10.8 Å². The molecule has 0 unspecified atom stereocenters. The molecule has 142 valence electrons. The maximum Gasteiger partial charge on any atom is -0.0184 e. The first kappa shape index (κ1) is 30.8. The fourth-order valence-corrected chi connectivity index (χ4v) is 1.52. The highest BCUT2D eigenvalue weighted by Gasteiger charge is 1.85. The van der Waals surface area contributed by atoms with Gasteiger partial charge in [0.2, 0.25) is 0 Å². The molecule has 0 nitrogen and oxygen atoms in total. The molecule has 0 aromatic heterocycles. The molecular weight excluding hydrogens is 300 g/mol. The van der Waals surface area contributed by atoms with Crippen molar-refractivity contribution in [2.75, 3.05) is 0 Å². The molecule has 0 atom stereocenters. The van der Waals surface area contributed by atoms with Gasteiger partial charge in [-0.1, -0.05) is 148 Å². The monoisotopic (exact) mass is 342 g/mol. The highest BCUT2D eigenvalue weighted by molar-refractivity contribution is 5.81. The van der Waals surface area contributed by atoms with Crippen LogP contribution in [0.5, 0.6) is 0 Å². The zero-order valence-electron chi connectivity index (χ0n) is 17.1. The van der Waals surface area contributed by atoms with E-state index in [2.05, 4.69) is 48.5 Å². The average Bonchev–Trinajstić information content (AvgIpc) is 2.76. The number of fused-ring (bicyclic) bond motifs is 1. The molecule has 0 aliphatic carbocycles. The summed E-state index contributed by atoms with van der Waals surface area (Å²) in [7, 11) is 0. The van der Waals surface area contributed by atoms with Gasteiger partial charge in [-0.15, -0.1) is 0 Å². The third-order valence-electron chi connectivity index (χ3n) is 2.33. The molecule has 0 saturated heterocycles. The van der Waals surface area contributed by atoms with E-state index >= 15 is 0 Å². The van der Waals surface area contributed by atoms with Gasteiger partial charge in [-0.3, -0.25) is 0 Å². The third-order valence-corrected chi connectivity index (χ3v) is 2.33. The first-order chi connectivity index (χ1) is 12.0. The van der Waals surface area contributed by atoms with Crippen molar-refractivity contribution in [3.63, 3.8) is 0 Å². The molecular formula is C25H42. The summed E-state index contributed by atoms with van der Waals surface area (Å²) >= 11 is 0. The highest BCUT2D eigenvalue weighted by Crippen LogP contribution is 2.11. The number of hydrogen-bond donors (Lipinski definition) is 0. The molecule has 3 aromatic carbocycles. The fraction of sp³-hybridized carbons (Fsp3) is 0.360. The van der Waals surface area contributed by atoms with Crippen molar-refractivity contribution in [2.45, 2.75) is 62.8 Å². The van der Waals surface area contributed by atoms with Crippen molar-refractivity contribution in [1.82, 2.24) is 0 Å². The van der Waals surface area contributed by atoms with E-state index in [1.807, 2.05) is 91.8 Å². The van der Waals surface area contributed by atoms with Gasteiger partial charge in [0.05, 0.1) is 0 Å². The Hall–Kier alpha value is -2.08. The molecule has 0 heterocycles. The van der Waals surface area contributed by atoms with Crippen LogP contribution >= 0.6 is 0 Å².